The Hall–Kier alpha value is 1.22. The Morgan fingerprint density at radius 1 is 1.38 bits per heavy atom. The first-order valence-corrected chi connectivity index (χ1v) is 4.17. The van der Waals surface area contributed by atoms with Crippen molar-refractivity contribution in [2.45, 2.75) is 29.2 Å². The van der Waals surface area contributed by atoms with Gasteiger partial charge in [0.2, 0.25) is 0 Å². The van der Waals surface area contributed by atoms with E-state index in [1.165, 1.54) is 0 Å². The average molecular weight is 240 g/mol. The van der Waals surface area contributed by atoms with E-state index in [0.29, 0.717) is 0 Å². The lowest BCUT2D eigenvalue weighted by molar-refractivity contribution is 0.674. The number of rotatable bonds is 1. The maximum atomic E-state index is 5.78. The second-order valence-corrected chi connectivity index (χ2v) is 6.48. The summed E-state index contributed by atoms with van der Waals surface area (Å²) >= 11 is 2.24. The van der Waals surface area contributed by atoms with Crippen LogP contribution in [0.2, 0.25) is 0 Å². The monoisotopic (exact) mass is 240 g/mol. The first-order chi connectivity index (χ1) is 3.25. The molecule has 0 spiro atoms. The first-order valence-electron chi connectivity index (χ1n) is 2.52. The summed E-state index contributed by atoms with van der Waals surface area (Å²) in [5.74, 6) is 0. The molecular weight excluding hydrogens is 229 g/mol. The first kappa shape index (κ1) is 9.22. The normalized spacial score (nSPS) is 20.1. The molecule has 0 N–H and O–H groups in total. The molecule has 0 aromatic rings. The van der Waals surface area contributed by atoms with E-state index in [2.05, 4.69) is 45.7 Å². The molecule has 0 aromatic carbocycles. The maximum absolute atomic E-state index is 5.78. The van der Waals surface area contributed by atoms with Crippen molar-refractivity contribution >= 4 is 39.7 Å². The van der Waals surface area contributed by atoms with Gasteiger partial charge in [-0.25, -0.2) is 0 Å². The molecule has 0 saturated carbocycles. The summed E-state index contributed by atoms with van der Waals surface area (Å²) in [7, 11) is 8.51. The number of hydrogen-bond donors (Lipinski definition) is 0. The van der Waals surface area contributed by atoms with Crippen LogP contribution in [0.15, 0.2) is 0 Å². The van der Waals surface area contributed by atoms with Crippen molar-refractivity contribution in [3.63, 3.8) is 0 Å². The van der Waals surface area contributed by atoms with Gasteiger partial charge in [0, 0.05) is 0 Å². The van der Waals surface area contributed by atoms with Crippen LogP contribution >= 0.6 is 31.8 Å². The smallest absolute Gasteiger partial charge is 0.0898 e. The molecule has 0 heterocycles. The van der Waals surface area contributed by atoms with Crippen molar-refractivity contribution in [3.8, 4) is 0 Å². The minimum Gasteiger partial charge on any atom is -0.131 e. The van der Waals surface area contributed by atoms with Crippen LogP contribution in [0, 0.1) is 0 Å². The summed E-state index contributed by atoms with van der Waals surface area (Å²) in [6, 6.07) is 0. The van der Waals surface area contributed by atoms with Gasteiger partial charge >= 0.3 is 0 Å². The van der Waals surface area contributed by atoms with E-state index in [4.69, 9.17) is 7.85 Å². The Morgan fingerprint density at radius 2 is 1.50 bits per heavy atom. The summed E-state index contributed by atoms with van der Waals surface area (Å²) in [4.78, 5) is 0. The Morgan fingerprint density at radius 3 is 1.50 bits per heavy atom. The van der Waals surface area contributed by atoms with E-state index >= 15 is 0 Å². The molecule has 0 aliphatic heterocycles. The lowest BCUT2D eigenvalue weighted by Crippen LogP contribution is -2.36. The van der Waals surface area contributed by atoms with Crippen LogP contribution in [0.5, 0.6) is 0 Å². The molecule has 2 atom stereocenters. The molecule has 2 unspecified atom stereocenters. The van der Waals surface area contributed by atoms with Gasteiger partial charge in [-0.05, 0) is 8.48 Å². The molecule has 0 fully saturated rings. The molecule has 0 saturated heterocycles. The van der Waals surface area contributed by atoms with Gasteiger partial charge in [-0.3, -0.25) is 0 Å². The third kappa shape index (κ3) is 2.68. The fraction of sp³-hybridized carbons (Fsp3) is 1.00. The zero-order valence-electron chi connectivity index (χ0n) is 5.53. The molecular formula is C5H11BIP. The number of halogens is 1. The summed E-state index contributed by atoms with van der Waals surface area (Å²) in [5.41, 5.74) is 0. The van der Waals surface area contributed by atoms with Crippen molar-refractivity contribution < 1.29 is 0 Å². The van der Waals surface area contributed by atoms with Gasteiger partial charge in [0.15, 0.2) is 0 Å². The SMILES string of the molecule is [B]C(C)(I)C(C)(C)P. The molecule has 0 amide bonds. The molecule has 46 valence electrons. The Kier molecular flexibility index (Phi) is 2.83. The molecule has 0 rings (SSSR count). The van der Waals surface area contributed by atoms with Gasteiger partial charge in [-0.15, -0.1) is 9.24 Å². The van der Waals surface area contributed by atoms with Crippen LogP contribution in [0.25, 0.3) is 0 Å². The van der Waals surface area contributed by atoms with Gasteiger partial charge in [0.05, 0.1) is 7.85 Å². The highest BCUT2D eigenvalue weighted by Crippen LogP contribution is 2.35. The van der Waals surface area contributed by atoms with Crippen LogP contribution < -0.4 is 0 Å². The van der Waals surface area contributed by atoms with Crippen molar-refractivity contribution in [1.29, 1.82) is 0 Å². The van der Waals surface area contributed by atoms with E-state index in [1.807, 2.05) is 6.92 Å². The molecule has 0 aromatic heterocycles. The van der Waals surface area contributed by atoms with Crippen LogP contribution in [0.1, 0.15) is 20.8 Å². The van der Waals surface area contributed by atoms with Crippen LogP contribution in [0.3, 0.4) is 0 Å². The molecule has 8 heavy (non-hydrogen) atoms. The van der Waals surface area contributed by atoms with Crippen molar-refractivity contribution in [1.82, 2.24) is 0 Å². The standard InChI is InChI=1S/C5H11BIP/c1-4(2,8)5(3,6)7/h8H2,1-3H3. The Balaban J connectivity index is 4.02. The average Bonchev–Trinajstić information content (AvgIpc) is 1.25. The van der Waals surface area contributed by atoms with E-state index in [9.17, 15) is 0 Å². The van der Waals surface area contributed by atoms with E-state index < -0.39 is 0 Å². The predicted molar refractivity (Wildman–Crippen MR) is 52.0 cm³/mol. The zero-order chi connectivity index (χ0) is 7.00. The van der Waals surface area contributed by atoms with Gasteiger partial charge in [0.1, 0.15) is 0 Å². The maximum Gasteiger partial charge on any atom is 0.0898 e. The molecule has 0 aliphatic carbocycles. The quantitative estimate of drug-likeness (QED) is 0.284. The third-order valence-corrected chi connectivity index (χ3v) is 3.84. The van der Waals surface area contributed by atoms with E-state index in [0.717, 1.165) is 0 Å². The van der Waals surface area contributed by atoms with Gasteiger partial charge < -0.3 is 0 Å². The number of alkyl halides is 1. The fourth-order valence-corrected chi connectivity index (χ4v) is 0. The summed E-state index contributed by atoms with van der Waals surface area (Å²) in [6.45, 7) is 6.22. The fourth-order valence-electron chi connectivity index (χ4n) is 0. The number of hydrogen-bond acceptors (Lipinski definition) is 0. The second-order valence-electron chi connectivity index (χ2n) is 2.80. The summed E-state index contributed by atoms with van der Waals surface area (Å²) in [6.07, 6.45) is 0. The van der Waals surface area contributed by atoms with Crippen LogP contribution in [-0.2, 0) is 0 Å². The lowest BCUT2D eigenvalue weighted by Gasteiger charge is -2.33. The Bertz CT molecular complexity index is 67.4. The minimum atomic E-state index is -0.130. The largest absolute Gasteiger partial charge is 0.131 e. The zero-order valence-corrected chi connectivity index (χ0v) is 8.84. The third-order valence-electron chi connectivity index (χ3n) is 1.26. The molecule has 0 bridgehead atoms. The van der Waals surface area contributed by atoms with Gasteiger partial charge in [0.25, 0.3) is 0 Å². The van der Waals surface area contributed by atoms with Crippen LogP contribution in [-0.4, -0.2) is 16.3 Å². The summed E-state index contributed by atoms with van der Waals surface area (Å²) < 4.78 is -0.130. The summed E-state index contributed by atoms with van der Waals surface area (Å²) in [5, 5.41) is 0.119. The molecule has 0 aliphatic rings. The highest BCUT2D eigenvalue weighted by atomic mass is 127. The Labute approximate surface area is 68.9 Å². The van der Waals surface area contributed by atoms with Crippen molar-refractivity contribution in [2.24, 2.45) is 0 Å². The topological polar surface area (TPSA) is 0 Å². The highest BCUT2D eigenvalue weighted by Gasteiger charge is 2.28. The highest BCUT2D eigenvalue weighted by molar-refractivity contribution is 14.1. The van der Waals surface area contributed by atoms with Gasteiger partial charge in [-0.1, -0.05) is 43.4 Å². The van der Waals surface area contributed by atoms with E-state index in [1.54, 1.807) is 0 Å². The lowest BCUT2D eigenvalue weighted by atomic mass is 9.79. The molecule has 3 heteroatoms. The molecule has 0 nitrogen and oxygen atoms in total. The van der Waals surface area contributed by atoms with E-state index in [-0.39, 0.29) is 8.48 Å². The second kappa shape index (κ2) is 2.45. The van der Waals surface area contributed by atoms with Crippen molar-refractivity contribution in [3.05, 3.63) is 0 Å². The molecule has 2 radical (unpaired) electrons. The minimum absolute atomic E-state index is 0.119. The predicted octanol–water partition coefficient (Wildman–Crippen LogP) is 1.96. The van der Waals surface area contributed by atoms with Crippen LogP contribution in [0.4, 0.5) is 0 Å². The van der Waals surface area contributed by atoms with Gasteiger partial charge in [-0.2, -0.15) is 0 Å². The van der Waals surface area contributed by atoms with Crippen molar-refractivity contribution in [2.75, 3.05) is 0 Å².